The van der Waals surface area contributed by atoms with Crippen LogP contribution in [-0.4, -0.2) is 64.3 Å². The van der Waals surface area contributed by atoms with Gasteiger partial charge < -0.3 is 20.0 Å². The zero-order chi connectivity index (χ0) is 13.1. The Hall–Kier alpha value is -1.56. The van der Waals surface area contributed by atoms with Gasteiger partial charge in [0.1, 0.15) is 11.6 Å². The molecule has 0 atom stereocenters. The van der Waals surface area contributed by atoms with Crippen LogP contribution < -0.4 is 20.0 Å². The Balaban J connectivity index is 2.32. The minimum atomic E-state index is 0.825. The molecule has 1 fully saturated rings. The second-order valence-electron chi connectivity index (χ2n) is 4.91. The van der Waals surface area contributed by atoms with Crippen molar-refractivity contribution in [2.45, 2.75) is 0 Å². The van der Waals surface area contributed by atoms with Gasteiger partial charge in [-0.2, -0.15) is 9.97 Å². The largest absolute Gasteiger partial charge is 0.363 e. The number of piperazine rings is 1. The predicted octanol–water partition coefficient (Wildman–Crippen LogP) is 0.0182. The van der Waals surface area contributed by atoms with E-state index >= 15 is 0 Å². The molecule has 0 radical (unpaired) electrons. The van der Waals surface area contributed by atoms with Crippen LogP contribution >= 0.6 is 0 Å². The fourth-order valence-electron chi connectivity index (χ4n) is 1.87. The van der Waals surface area contributed by atoms with Crippen molar-refractivity contribution in [3.05, 3.63) is 6.07 Å². The first-order valence-corrected chi connectivity index (χ1v) is 6.27. The summed E-state index contributed by atoms with van der Waals surface area (Å²) in [5, 5.41) is 3.34. The summed E-state index contributed by atoms with van der Waals surface area (Å²) in [6, 6.07) is 2.01. The van der Waals surface area contributed by atoms with E-state index in [1.807, 2.05) is 44.1 Å². The number of aromatic nitrogens is 2. The highest BCUT2D eigenvalue weighted by Gasteiger charge is 2.16. The van der Waals surface area contributed by atoms with Crippen molar-refractivity contribution in [1.82, 2.24) is 15.3 Å². The molecule has 0 saturated carbocycles. The molecule has 1 aromatic heterocycles. The summed E-state index contributed by atoms with van der Waals surface area (Å²) in [4.78, 5) is 15.5. The molecule has 0 bridgehead atoms. The molecule has 6 heteroatoms. The van der Waals surface area contributed by atoms with Gasteiger partial charge in [0.05, 0.1) is 0 Å². The topological polar surface area (TPSA) is 47.5 Å². The molecule has 1 aromatic rings. The Morgan fingerprint density at radius 2 is 1.50 bits per heavy atom. The molecular weight excluding hydrogens is 228 g/mol. The van der Waals surface area contributed by atoms with Crippen molar-refractivity contribution in [2.24, 2.45) is 0 Å². The zero-order valence-electron chi connectivity index (χ0n) is 11.6. The molecule has 0 aromatic carbocycles. The van der Waals surface area contributed by atoms with E-state index in [1.54, 1.807) is 0 Å². The molecule has 0 spiro atoms. The standard InChI is InChI=1S/C12H22N6/c1-16(2)10-9-11(17(3)4)15-12(14-10)18-7-5-13-6-8-18/h9,13H,5-8H2,1-4H3. The summed E-state index contributed by atoms with van der Waals surface area (Å²) in [6.45, 7) is 3.91. The molecule has 1 aliphatic heterocycles. The summed E-state index contributed by atoms with van der Waals surface area (Å²) < 4.78 is 0. The molecule has 18 heavy (non-hydrogen) atoms. The van der Waals surface area contributed by atoms with Gasteiger partial charge in [-0.1, -0.05) is 0 Å². The van der Waals surface area contributed by atoms with E-state index in [0.29, 0.717) is 0 Å². The van der Waals surface area contributed by atoms with Crippen molar-refractivity contribution in [3.8, 4) is 0 Å². The van der Waals surface area contributed by atoms with E-state index in [0.717, 1.165) is 43.8 Å². The third-order valence-electron chi connectivity index (χ3n) is 3.00. The van der Waals surface area contributed by atoms with E-state index in [2.05, 4.69) is 20.2 Å². The van der Waals surface area contributed by atoms with Gasteiger partial charge >= 0.3 is 0 Å². The molecule has 0 amide bonds. The van der Waals surface area contributed by atoms with Crippen LogP contribution in [0, 0.1) is 0 Å². The molecule has 2 rings (SSSR count). The lowest BCUT2D eigenvalue weighted by Crippen LogP contribution is -2.44. The SMILES string of the molecule is CN(C)c1cc(N(C)C)nc(N2CCNCC2)n1. The molecule has 0 unspecified atom stereocenters. The smallest absolute Gasteiger partial charge is 0.229 e. The van der Waals surface area contributed by atoms with Crippen LogP contribution in [0.1, 0.15) is 0 Å². The third kappa shape index (κ3) is 2.81. The Labute approximate surface area is 109 Å². The molecule has 0 aliphatic carbocycles. The predicted molar refractivity (Wildman–Crippen MR) is 75.8 cm³/mol. The molecular formula is C12H22N6. The van der Waals surface area contributed by atoms with Gasteiger partial charge in [0.15, 0.2) is 0 Å². The monoisotopic (exact) mass is 250 g/mol. The summed E-state index contributed by atoms with van der Waals surface area (Å²) >= 11 is 0. The normalized spacial score (nSPS) is 15.7. The maximum atomic E-state index is 4.63. The van der Waals surface area contributed by atoms with E-state index in [-0.39, 0.29) is 0 Å². The Morgan fingerprint density at radius 3 is 1.94 bits per heavy atom. The molecule has 1 aliphatic rings. The summed E-state index contributed by atoms with van der Waals surface area (Å²) in [7, 11) is 8.01. The van der Waals surface area contributed by atoms with E-state index in [9.17, 15) is 0 Å². The highest BCUT2D eigenvalue weighted by atomic mass is 15.3. The highest BCUT2D eigenvalue weighted by molar-refractivity contribution is 5.54. The van der Waals surface area contributed by atoms with Gasteiger partial charge in [-0.05, 0) is 0 Å². The first-order valence-electron chi connectivity index (χ1n) is 6.27. The quantitative estimate of drug-likeness (QED) is 0.816. The molecule has 6 nitrogen and oxygen atoms in total. The Morgan fingerprint density at radius 1 is 1.00 bits per heavy atom. The Bertz CT molecular complexity index is 371. The maximum absolute atomic E-state index is 4.63. The van der Waals surface area contributed by atoms with E-state index in [1.165, 1.54) is 0 Å². The second-order valence-corrected chi connectivity index (χ2v) is 4.91. The first kappa shape index (κ1) is 12.9. The summed E-state index contributed by atoms with van der Waals surface area (Å²) in [6.07, 6.45) is 0. The maximum Gasteiger partial charge on any atom is 0.229 e. The van der Waals surface area contributed by atoms with Crippen LogP contribution in [0.15, 0.2) is 6.07 Å². The van der Waals surface area contributed by atoms with E-state index < -0.39 is 0 Å². The van der Waals surface area contributed by atoms with E-state index in [4.69, 9.17) is 0 Å². The molecule has 100 valence electrons. The molecule has 1 N–H and O–H groups in total. The number of hydrogen-bond acceptors (Lipinski definition) is 6. The lowest BCUT2D eigenvalue weighted by Gasteiger charge is -2.29. The number of rotatable bonds is 3. The van der Waals surface area contributed by atoms with Gasteiger partial charge in [-0.25, -0.2) is 0 Å². The van der Waals surface area contributed by atoms with Crippen molar-refractivity contribution < 1.29 is 0 Å². The van der Waals surface area contributed by atoms with Gasteiger partial charge in [0.25, 0.3) is 0 Å². The van der Waals surface area contributed by atoms with Gasteiger partial charge in [-0.15, -0.1) is 0 Å². The summed E-state index contributed by atoms with van der Waals surface area (Å²) in [5.74, 6) is 2.72. The van der Waals surface area contributed by atoms with Crippen LogP contribution in [0.25, 0.3) is 0 Å². The highest BCUT2D eigenvalue weighted by Crippen LogP contribution is 2.20. The lowest BCUT2D eigenvalue weighted by molar-refractivity contribution is 0.579. The van der Waals surface area contributed by atoms with Crippen molar-refractivity contribution in [1.29, 1.82) is 0 Å². The Kier molecular flexibility index (Phi) is 3.86. The minimum Gasteiger partial charge on any atom is -0.363 e. The number of nitrogens with zero attached hydrogens (tertiary/aromatic N) is 5. The average molecular weight is 250 g/mol. The van der Waals surface area contributed by atoms with Gasteiger partial charge in [0, 0.05) is 60.4 Å². The van der Waals surface area contributed by atoms with Crippen LogP contribution in [0.4, 0.5) is 17.6 Å². The third-order valence-corrected chi connectivity index (χ3v) is 3.00. The second kappa shape index (κ2) is 5.39. The van der Waals surface area contributed by atoms with Crippen molar-refractivity contribution >= 4 is 17.6 Å². The zero-order valence-corrected chi connectivity index (χ0v) is 11.6. The molecule has 1 saturated heterocycles. The van der Waals surface area contributed by atoms with Crippen LogP contribution in [-0.2, 0) is 0 Å². The van der Waals surface area contributed by atoms with Crippen molar-refractivity contribution in [3.63, 3.8) is 0 Å². The number of hydrogen-bond donors (Lipinski definition) is 1. The fraction of sp³-hybridized carbons (Fsp3) is 0.667. The fourth-order valence-corrected chi connectivity index (χ4v) is 1.87. The van der Waals surface area contributed by atoms with Crippen LogP contribution in [0.5, 0.6) is 0 Å². The number of nitrogens with one attached hydrogen (secondary N) is 1. The number of anilines is 3. The molecule has 2 heterocycles. The van der Waals surface area contributed by atoms with Crippen LogP contribution in [0.3, 0.4) is 0 Å². The van der Waals surface area contributed by atoms with Crippen LogP contribution in [0.2, 0.25) is 0 Å². The summed E-state index contributed by atoms with van der Waals surface area (Å²) in [5.41, 5.74) is 0. The average Bonchev–Trinajstić information content (AvgIpc) is 2.39. The van der Waals surface area contributed by atoms with Gasteiger partial charge in [-0.3, -0.25) is 0 Å². The van der Waals surface area contributed by atoms with Gasteiger partial charge in [0.2, 0.25) is 5.95 Å². The lowest BCUT2D eigenvalue weighted by atomic mass is 10.4. The van der Waals surface area contributed by atoms with Crippen molar-refractivity contribution in [2.75, 3.05) is 69.1 Å². The first-order chi connectivity index (χ1) is 8.58. The minimum absolute atomic E-state index is 0.825.